The van der Waals surface area contributed by atoms with Crippen LogP contribution in [0.5, 0.6) is 11.5 Å². The highest BCUT2D eigenvalue weighted by atomic mass is 16.5. The molecule has 0 aliphatic heterocycles. The summed E-state index contributed by atoms with van der Waals surface area (Å²) in [5.41, 5.74) is 0.813. The summed E-state index contributed by atoms with van der Waals surface area (Å²) in [5.74, 6) is 2.92. The first-order valence-electron chi connectivity index (χ1n) is 8.32. The number of methoxy groups -OCH3 is 3. The Balaban J connectivity index is 1.70. The third-order valence-corrected chi connectivity index (χ3v) is 4.41. The lowest BCUT2D eigenvalue weighted by Crippen LogP contribution is -2.18. The molecule has 1 aliphatic carbocycles. The SMILES string of the molecule is COc1ccc(Nc2cc(NC3CCC(OC)C3)ncn2)c(OC)c1. The molecular formula is C18H24N4O3. The summed E-state index contributed by atoms with van der Waals surface area (Å²) < 4.78 is 16.0. The van der Waals surface area contributed by atoms with Crippen LogP contribution in [0.1, 0.15) is 19.3 Å². The predicted molar refractivity (Wildman–Crippen MR) is 96.9 cm³/mol. The van der Waals surface area contributed by atoms with Gasteiger partial charge in [-0.3, -0.25) is 0 Å². The highest BCUT2D eigenvalue weighted by Gasteiger charge is 2.24. The third kappa shape index (κ3) is 4.30. The first-order valence-corrected chi connectivity index (χ1v) is 8.32. The number of aromatic nitrogens is 2. The van der Waals surface area contributed by atoms with E-state index in [0.29, 0.717) is 23.7 Å². The maximum Gasteiger partial charge on any atom is 0.146 e. The zero-order valence-corrected chi connectivity index (χ0v) is 14.8. The standard InChI is InChI=1S/C18H24N4O3/c1-23-13-5-4-12(8-13)21-17-10-18(20-11-19-17)22-15-7-6-14(24-2)9-16(15)25-3/h6-7,9-13H,4-5,8H2,1-3H3,(H2,19,20,21,22). The van der Waals surface area contributed by atoms with Gasteiger partial charge in [-0.15, -0.1) is 0 Å². The van der Waals surface area contributed by atoms with Crippen molar-refractivity contribution in [1.29, 1.82) is 0 Å². The smallest absolute Gasteiger partial charge is 0.146 e. The number of benzene rings is 1. The van der Waals surface area contributed by atoms with Gasteiger partial charge in [-0.25, -0.2) is 9.97 Å². The molecule has 1 fully saturated rings. The molecule has 2 unspecified atom stereocenters. The van der Waals surface area contributed by atoms with Crippen molar-refractivity contribution < 1.29 is 14.2 Å². The Morgan fingerprint density at radius 2 is 1.84 bits per heavy atom. The van der Waals surface area contributed by atoms with E-state index in [1.165, 1.54) is 0 Å². The average molecular weight is 344 g/mol. The molecule has 25 heavy (non-hydrogen) atoms. The molecule has 3 rings (SSSR count). The van der Waals surface area contributed by atoms with E-state index in [4.69, 9.17) is 14.2 Å². The van der Waals surface area contributed by atoms with Crippen LogP contribution in [-0.2, 0) is 4.74 Å². The van der Waals surface area contributed by atoms with Crippen LogP contribution in [0.4, 0.5) is 17.3 Å². The minimum atomic E-state index is 0.334. The lowest BCUT2D eigenvalue weighted by atomic mass is 10.2. The van der Waals surface area contributed by atoms with E-state index in [1.807, 2.05) is 24.3 Å². The van der Waals surface area contributed by atoms with Crippen LogP contribution < -0.4 is 20.1 Å². The number of hydrogen-bond acceptors (Lipinski definition) is 7. The second kappa shape index (κ2) is 8.02. The normalized spacial score (nSPS) is 19.5. The molecule has 1 aromatic carbocycles. The number of ether oxygens (including phenoxy) is 3. The van der Waals surface area contributed by atoms with Crippen molar-refractivity contribution in [3.05, 3.63) is 30.6 Å². The maximum atomic E-state index is 5.42. The molecule has 1 aromatic heterocycles. The molecule has 7 heteroatoms. The van der Waals surface area contributed by atoms with Gasteiger partial charge in [0.05, 0.1) is 26.0 Å². The summed E-state index contributed by atoms with van der Waals surface area (Å²) in [5, 5.41) is 6.72. The minimum Gasteiger partial charge on any atom is -0.497 e. The van der Waals surface area contributed by atoms with Gasteiger partial charge in [0, 0.05) is 25.3 Å². The van der Waals surface area contributed by atoms with Crippen molar-refractivity contribution in [2.24, 2.45) is 0 Å². The fourth-order valence-corrected chi connectivity index (χ4v) is 3.04. The van der Waals surface area contributed by atoms with Gasteiger partial charge in [0.25, 0.3) is 0 Å². The quantitative estimate of drug-likeness (QED) is 0.798. The van der Waals surface area contributed by atoms with E-state index < -0.39 is 0 Å². The summed E-state index contributed by atoms with van der Waals surface area (Å²) in [6, 6.07) is 7.86. The Kier molecular flexibility index (Phi) is 5.55. The van der Waals surface area contributed by atoms with Gasteiger partial charge >= 0.3 is 0 Å². The molecule has 0 radical (unpaired) electrons. The molecule has 1 aliphatic rings. The van der Waals surface area contributed by atoms with Gasteiger partial charge in [0.15, 0.2) is 0 Å². The third-order valence-electron chi connectivity index (χ3n) is 4.41. The van der Waals surface area contributed by atoms with Crippen molar-refractivity contribution in [2.75, 3.05) is 32.0 Å². The Morgan fingerprint density at radius 1 is 1.00 bits per heavy atom. The van der Waals surface area contributed by atoms with Crippen molar-refractivity contribution in [3.63, 3.8) is 0 Å². The number of hydrogen-bond donors (Lipinski definition) is 2. The lowest BCUT2D eigenvalue weighted by molar-refractivity contribution is 0.108. The number of nitrogens with one attached hydrogen (secondary N) is 2. The summed E-state index contributed by atoms with van der Waals surface area (Å²) in [7, 11) is 5.02. The first-order chi connectivity index (χ1) is 12.2. The van der Waals surface area contributed by atoms with E-state index >= 15 is 0 Å². The molecule has 2 aromatic rings. The predicted octanol–water partition coefficient (Wildman–Crippen LogP) is 3.22. The summed E-state index contributed by atoms with van der Waals surface area (Å²) in [6.45, 7) is 0. The Labute approximate surface area is 147 Å². The van der Waals surface area contributed by atoms with Crippen molar-refractivity contribution >= 4 is 17.3 Å². The zero-order valence-electron chi connectivity index (χ0n) is 14.8. The maximum absolute atomic E-state index is 5.42. The molecule has 7 nitrogen and oxygen atoms in total. The number of rotatable bonds is 7. The molecule has 0 spiro atoms. The van der Waals surface area contributed by atoms with Crippen molar-refractivity contribution in [1.82, 2.24) is 9.97 Å². The Hall–Kier alpha value is -2.54. The molecule has 1 saturated carbocycles. The number of anilines is 3. The van der Waals surface area contributed by atoms with Gasteiger partial charge in [-0.1, -0.05) is 0 Å². The second-order valence-electron chi connectivity index (χ2n) is 5.99. The molecule has 0 amide bonds. The lowest BCUT2D eigenvalue weighted by Gasteiger charge is -2.15. The molecule has 0 saturated heterocycles. The molecule has 2 atom stereocenters. The average Bonchev–Trinajstić information content (AvgIpc) is 3.10. The highest BCUT2D eigenvalue weighted by molar-refractivity contribution is 5.66. The molecule has 2 N–H and O–H groups in total. The zero-order chi connectivity index (χ0) is 17.6. The topological polar surface area (TPSA) is 77.5 Å². The van der Waals surface area contributed by atoms with Crippen LogP contribution in [-0.4, -0.2) is 43.4 Å². The van der Waals surface area contributed by atoms with Crippen LogP contribution in [0, 0.1) is 0 Å². The largest absolute Gasteiger partial charge is 0.497 e. The van der Waals surface area contributed by atoms with Crippen molar-refractivity contribution in [2.45, 2.75) is 31.4 Å². The van der Waals surface area contributed by atoms with Crippen LogP contribution >= 0.6 is 0 Å². The number of nitrogens with zero attached hydrogens (tertiary/aromatic N) is 2. The van der Waals surface area contributed by atoms with Crippen molar-refractivity contribution in [3.8, 4) is 11.5 Å². The molecular weight excluding hydrogens is 320 g/mol. The Morgan fingerprint density at radius 3 is 2.56 bits per heavy atom. The summed E-state index contributed by atoms with van der Waals surface area (Å²) >= 11 is 0. The monoisotopic (exact) mass is 344 g/mol. The first kappa shape index (κ1) is 17.3. The fraction of sp³-hybridized carbons (Fsp3) is 0.444. The highest BCUT2D eigenvalue weighted by Crippen LogP contribution is 2.31. The van der Waals surface area contributed by atoms with E-state index in [-0.39, 0.29) is 0 Å². The van der Waals surface area contributed by atoms with Gasteiger partial charge in [-0.05, 0) is 31.4 Å². The molecule has 1 heterocycles. The van der Waals surface area contributed by atoms with Crippen LogP contribution in [0.25, 0.3) is 0 Å². The van der Waals surface area contributed by atoms with Gasteiger partial charge < -0.3 is 24.8 Å². The van der Waals surface area contributed by atoms with Gasteiger partial charge in [0.2, 0.25) is 0 Å². The molecule has 0 bridgehead atoms. The van der Waals surface area contributed by atoms with E-state index in [2.05, 4.69) is 20.6 Å². The summed E-state index contributed by atoms with van der Waals surface area (Å²) in [4.78, 5) is 8.60. The van der Waals surface area contributed by atoms with Crippen LogP contribution in [0.15, 0.2) is 30.6 Å². The van der Waals surface area contributed by atoms with Gasteiger partial charge in [0.1, 0.15) is 29.5 Å². The minimum absolute atomic E-state index is 0.334. The molecule has 134 valence electrons. The van der Waals surface area contributed by atoms with E-state index in [0.717, 1.165) is 36.5 Å². The van der Waals surface area contributed by atoms with Crippen LogP contribution in [0.3, 0.4) is 0 Å². The Bertz CT molecular complexity index is 710. The second-order valence-corrected chi connectivity index (χ2v) is 5.99. The van der Waals surface area contributed by atoms with E-state index in [1.54, 1.807) is 27.7 Å². The van der Waals surface area contributed by atoms with Crippen LogP contribution in [0.2, 0.25) is 0 Å². The van der Waals surface area contributed by atoms with Gasteiger partial charge in [-0.2, -0.15) is 0 Å². The van der Waals surface area contributed by atoms with E-state index in [9.17, 15) is 0 Å². The fourth-order valence-electron chi connectivity index (χ4n) is 3.04. The summed E-state index contributed by atoms with van der Waals surface area (Å²) in [6.07, 6.45) is 5.03.